The van der Waals surface area contributed by atoms with Crippen LogP contribution in [-0.4, -0.2) is 37.1 Å². The van der Waals surface area contributed by atoms with Crippen molar-refractivity contribution in [1.29, 1.82) is 5.26 Å². The number of piperidine rings is 1. The molecule has 0 aromatic heterocycles. The number of hydrogen-bond acceptors (Lipinski definition) is 3. The molecule has 0 amide bonds. The van der Waals surface area contributed by atoms with Gasteiger partial charge in [0.15, 0.2) is 0 Å². The summed E-state index contributed by atoms with van der Waals surface area (Å²) in [6.07, 6.45) is 7.38. The SMILES string of the molecule is CCCN(CCCC(C)(C)C#N)CC1CCCCN1. The molecule has 0 aromatic carbocycles. The van der Waals surface area contributed by atoms with Gasteiger partial charge in [-0.2, -0.15) is 5.26 Å². The predicted octanol–water partition coefficient (Wildman–Crippen LogP) is 3.17. The summed E-state index contributed by atoms with van der Waals surface area (Å²) in [4.78, 5) is 2.58. The molecular formula is C16H31N3. The van der Waals surface area contributed by atoms with Gasteiger partial charge in [0.2, 0.25) is 0 Å². The molecule has 1 atom stereocenters. The maximum Gasteiger partial charge on any atom is 0.0683 e. The first kappa shape index (κ1) is 16.5. The Morgan fingerprint density at radius 1 is 1.32 bits per heavy atom. The van der Waals surface area contributed by atoms with E-state index in [4.69, 9.17) is 5.26 Å². The van der Waals surface area contributed by atoms with Crippen molar-refractivity contribution >= 4 is 0 Å². The van der Waals surface area contributed by atoms with E-state index in [-0.39, 0.29) is 5.41 Å². The minimum Gasteiger partial charge on any atom is -0.313 e. The highest BCUT2D eigenvalue weighted by molar-refractivity contribution is 4.91. The fourth-order valence-corrected chi connectivity index (χ4v) is 2.80. The number of hydrogen-bond donors (Lipinski definition) is 1. The van der Waals surface area contributed by atoms with Crippen LogP contribution < -0.4 is 5.32 Å². The van der Waals surface area contributed by atoms with Crippen LogP contribution in [-0.2, 0) is 0 Å². The van der Waals surface area contributed by atoms with Gasteiger partial charge in [0, 0.05) is 12.6 Å². The average Bonchev–Trinajstić information content (AvgIpc) is 2.40. The third-order valence-corrected chi connectivity index (χ3v) is 4.01. The maximum absolute atomic E-state index is 9.05. The molecule has 1 heterocycles. The molecule has 1 aliphatic heterocycles. The van der Waals surface area contributed by atoms with Gasteiger partial charge in [0.25, 0.3) is 0 Å². The second-order valence-corrected chi connectivity index (χ2v) is 6.55. The molecule has 0 spiro atoms. The quantitative estimate of drug-likeness (QED) is 0.732. The molecule has 0 saturated carbocycles. The van der Waals surface area contributed by atoms with E-state index >= 15 is 0 Å². The van der Waals surface area contributed by atoms with Gasteiger partial charge < -0.3 is 10.2 Å². The summed E-state index contributed by atoms with van der Waals surface area (Å²) in [5, 5.41) is 12.7. The first-order chi connectivity index (χ1) is 9.07. The van der Waals surface area contributed by atoms with Crippen LogP contribution in [0.15, 0.2) is 0 Å². The fourth-order valence-electron chi connectivity index (χ4n) is 2.80. The summed E-state index contributed by atoms with van der Waals surface area (Å²) < 4.78 is 0. The van der Waals surface area contributed by atoms with E-state index in [0.29, 0.717) is 6.04 Å². The average molecular weight is 265 g/mol. The van der Waals surface area contributed by atoms with E-state index in [1.807, 2.05) is 13.8 Å². The van der Waals surface area contributed by atoms with Crippen LogP contribution >= 0.6 is 0 Å². The Bertz CT molecular complexity index is 274. The van der Waals surface area contributed by atoms with Crippen molar-refractivity contribution < 1.29 is 0 Å². The molecule has 0 bridgehead atoms. The Morgan fingerprint density at radius 2 is 2.11 bits per heavy atom. The van der Waals surface area contributed by atoms with Gasteiger partial charge in [-0.1, -0.05) is 13.3 Å². The minimum atomic E-state index is -0.166. The summed E-state index contributed by atoms with van der Waals surface area (Å²) in [6, 6.07) is 3.08. The highest BCUT2D eigenvalue weighted by atomic mass is 15.1. The lowest BCUT2D eigenvalue weighted by Crippen LogP contribution is -2.44. The second kappa shape index (κ2) is 8.55. The van der Waals surface area contributed by atoms with Gasteiger partial charge >= 0.3 is 0 Å². The topological polar surface area (TPSA) is 39.1 Å². The van der Waals surface area contributed by atoms with Crippen LogP contribution in [0.1, 0.15) is 59.3 Å². The Kier molecular flexibility index (Phi) is 7.41. The molecule has 3 heteroatoms. The van der Waals surface area contributed by atoms with E-state index < -0.39 is 0 Å². The molecule has 1 fully saturated rings. The van der Waals surface area contributed by atoms with Crippen molar-refractivity contribution in [3.63, 3.8) is 0 Å². The van der Waals surface area contributed by atoms with Crippen molar-refractivity contribution in [3.05, 3.63) is 0 Å². The fraction of sp³-hybridized carbons (Fsp3) is 0.938. The Hall–Kier alpha value is -0.590. The monoisotopic (exact) mass is 265 g/mol. The van der Waals surface area contributed by atoms with Crippen molar-refractivity contribution in [2.24, 2.45) is 5.41 Å². The van der Waals surface area contributed by atoms with Gasteiger partial charge in [0.05, 0.1) is 11.5 Å². The summed E-state index contributed by atoms with van der Waals surface area (Å²) in [5.41, 5.74) is -0.166. The van der Waals surface area contributed by atoms with E-state index in [9.17, 15) is 0 Å². The second-order valence-electron chi connectivity index (χ2n) is 6.55. The molecular weight excluding hydrogens is 234 g/mol. The Labute approximate surface area is 119 Å². The number of nitrogens with one attached hydrogen (secondary N) is 1. The van der Waals surface area contributed by atoms with Crippen molar-refractivity contribution in [2.75, 3.05) is 26.2 Å². The van der Waals surface area contributed by atoms with Crippen LogP contribution in [0.25, 0.3) is 0 Å². The standard InChI is InChI=1S/C16H31N3/c1-4-11-19(12-7-9-16(2,3)14-17)13-15-8-5-6-10-18-15/h15,18H,4-13H2,1-3H3. The largest absolute Gasteiger partial charge is 0.313 e. The van der Waals surface area contributed by atoms with Gasteiger partial charge in [-0.15, -0.1) is 0 Å². The van der Waals surface area contributed by atoms with Gasteiger partial charge in [0.1, 0.15) is 0 Å². The molecule has 19 heavy (non-hydrogen) atoms. The van der Waals surface area contributed by atoms with Crippen molar-refractivity contribution in [3.8, 4) is 6.07 Å². The molecule has 1 N–H and O–H groups in total. The summed E-state index contributed by atoms with van der Waals surface area (Å²) in [6.45, 7) is 11.0. The highest BCUT2D eigenvalue weighted by Crippen LogP contribution is 2.21. The zero-order valence-electron chi connectivity index (χ0n) is 13.0. The normalized spacial score (nSPS) is 20.5. The minimum absolute atomic E-state index is 0.166. The van der Waals surface area contributed by atoms with Gasteiger partial charge in [-0.05, 0) is 65.6 Å². The lowest BCUT2D eigenvalue weighted by Gasteiger charge is -2.31. The van der Waals surface area contributed by atoms with E-state index in [0.717, 1.165) is 19.4 Å². The zero-order valence-corrected chi connectivity index (χ0v) is 13.0. The molecule has 1 rings (SSSR count). The summed E-state index contributed by atoms with van der Waals surface area (Å²) in [7, 11) is 0. The van der Waals surface area contributed by atoms with Crippen LogP contribution in [0.5, 0.6) is 0 Å². The molecule has 0 aromatic rings. The van der Waals surface area contributed by atoms with Crippen molar-refractivity contribution in [1.82, 2.24) is 10.2 Å². The highest BCUT2D eigenvalue weighted by Gasteiger charge is 2.19. The van der Waals surface area contributed by atoms with Crippen LogP contribution in [0.3, 0.4) is 0 Å². The van der Waals surface area contributed by atoms with Crippen LogP contribution in [0, 0.1) is 16.7 Å². The maximum atomic E-state index is 9.05. The number of rotatable bonds is 8. The van der Waals surface area contributed by atoms with Crippen LogP contribution in [0.4, 0.5) is 0 Å². The summed E-state index contributed by atoms with van der Waals surface area (Å²) >= 11 is 0. The number of nitriles is 1. The zero-order chi connectivity index (χ0) is 14.1. The van der Waals surface area contributed by atoms with E-state index in [1.54, 1.807) is 0 Å². The lowest BCUT2D eigenvalue weighted by atomic mass is 9.90. The third kappa shape index (κ3) is 6.94. The third-order valence-electron chi connectivity index (χ3n) is 4.01. The van der Waals surface area contributed by atoms with E-state index in [2.05, 4.69) is 23.2 Å². The summed E-state index contributed by atoms with van der Waals surface area (Å²) in [5.74, 6) is 0. The van der Waals surface area contributed by atoms with Gasteiger partial charge in [-0.25, -0.2) is 0 Å². The first-order valence-corrected chi connectivity index (χ1v) is 7.94. The molecule has 3 nitrogen and oxygen atoms in total. The molecule has 0 aliphatic carbocycles. The smallest absolute Gasteiger partial charge is 0.0683 e. The Balaban J connectivity index is 2.29. The van der Waals surface area contributed by atoms with Gasteiger partial charge in [-0.3, -0.25) is 0 Å². The molecule has 110 valence electrons. The Morgan fingerprint density at radius 3 is 2.68 bits per heavy atom. The number of nitrogens with zero attached hydrogens (tertiary/aromatic N) is 2. The predicted molar refractivity (Wildman–Crippen MR) is 81.0 cm³/mol. The first-order valence-electron chi connectivity index (χ1n) is 7.94. The molecule has 1 aliphatic rings. The van der Waals surface area contributed by atoms with Crippen LogP contribution in [0.2, 0.25) is 0 Å². The van der Waals surface area contributed by atoms with Crippen molar-refractivity contribution in [2.45, 2.75) is 65.3 Å². The lowest BCUT2D eigenvalue weighted by molar-refractivity contribution is 0.214. The molecule has 1 saturated heterocycles. The molecule has 1 unspecified atom stereocenters. The molecule has 0 radical (unpaired) electrons. The van der Waals surface area contributed by atoms with E-state index in [1.165, 1.54) is 45.3 Å².